The van der Waals surface area contributed by atoms with Crippen molar-refractivity contribution in [2.45, 2.75) is 29.5 Å². The molecule has 96 valence electrons. The van der Waals surface area contributed by atoms with Gasteiger partial charge in [0.1, 0.15) is 4.21 Å². The molecule has 1 aromatic heterocycles. The van der Waals surface area contributed by atoms with Gasteiger partial charge in [-0.2, -0.15) is 0 Å². The van der Waals surface area contributed by atoms with Gasteiger partial charge in [0.25, 0.3) is 0 Å². The Morgan fingerprint density at radius 3 is 2.94 bits per heavy atom. The molecule has 0 bridgehead atoms. The van der Waals surface area contributed by atoms with Crippen molar-refractivity contribution in [1.82, 2.24) is 10.0 Å². The lowest BCUT2D eigenvalue weighted by atomic mass is 10.2. The monoisotopic (exact) mass is 338 g/mol. The van der Waals surface area contributed by atoms with Crippen molar-refractivity contribution in [3.63, 3.8) is 0 Å². The maximum atomic E-state index is 11.9. The molecule has 0 amide bonds. The van der Waals surface area contributed by atoms with E-state index in [1.165, 1.54) is 17.8 Å². The fourth-order valence-electron chi connectivity index (χ4n) is 1.88. The number of halogens is 1. The van der Waals surface area contributed by atoms with E-state index in [4.69, 9.17) is 0 Å². The molecule has 1 saturated heterocycles. The Hall–Kier alpha value is 0.0500. The molecule has 1 fully saturated rings. The molecule has 17 heavy (non-hydrogen) atoms. The first-order chi connectivity index (χ1) is 8.08. The van der Waals surface area contributed by atoms with Crippen molar-refractivity contribution in [3.05, 3.63) is 15.9 Å². The normalized spacial score (nSPS) is 20.9. The molecule has 1 aromatic rings. The molecule has 0 aromatic carbocycles. The third-order valence-electron chi connectivity index (χ3n) is 2.76. The van der Waals surface area contributed by atoms with Crippen LogP contribution in [-0.4, -0.2) is 27.5 Å². The van der Waals surface area contributed by atoms with Crippen LogP contribution < -0.4 is 10.0 Å². The molecule has 0 spiro atoms. The highest BCUT2D eigenvalue weighted by Crippen LogP contribution is 2.25. The SMILES string of the molecule is O=S(=O)(NCCC1CCCN1)c1ccc(Br)s1. The maximum absolute atomic E-state index is 11.9. The minimum absolute atomic E-state index is 0.365. The summed E-state index contributed by atoms with van der Waals surface area (Å²) < 4.78 is 27.6. The van der Waals surface area contributed by atoms with E-state index in [1.54, 1.807) is 12.1 Å². The van der Waals surface area contributed by atoms with Crippen LogP contribution >= 0.6 is 27.3 Å². The zero-order chi connectivity index (χ0) is 12.3. The highest BCUT2D eigenvalue weighted by atomic mass is 79.9. The third-order valence-corrected chi connectivity index (χ3v) is 6.34. The molecule has 1 aliphatic heterocycles. The Labute approximate surface area is 114 Å². The van der Waals surface area contributed by atoms with Crippen LogP contribution in [0.2, 0.25) is 0 Å². The van der Waals surface area contributed by atoms with Gasteiger partial charge in [-0.05, 0) is 53.9 Å². The van der Waals surface area contributed by atoms with E-state index in [0.29, 0.717) is 16.8 Å². The molecule has 0 saturated carbocycles. The summed E-state index contributed by atoms with van der Waals surface area (Å²) in [4.78, 5) is 0. The van der Waals surface area contributed by atoms with Crippen LogP contribution in [0.25, 0.3) is 0 Å². The molecule has 2 heterocycles. The molecule has 2 rings (SSSR count). The van der Waals surface area contributed by atoms with Crippen molar-refractivity contribution < 1.29 is 8.42 Å². The second-order valence-corrected chi connectivity index (χ2v) is 8.50. The number of sulfonamides is 1. The van der Waals surface area contributed by atoms with Crippen LogP contribution in [0.5, 0.6) is 0 Å². The number of nitrogens with one attached hydrogen (secondary N) is 2. The third kappa shape index (κ3) is 3.75. The van der Waals surface area contributed by atoms with Crippen LogP contribution in [0, 0.1) is 0 Å². The molecule has 1 unspecified atom stereocenters. The highest BCUT2D eigenvalue weighted by molar-refractivity contribution is 9.11. The lowest BCUT2D eigenvalue weighted by molar-refractivity contribution is 0.540. The van der Waals surface area contributed by atoms with Gasteiger partial charge in [0.2, 0.25) is 10.0 Å². The largest absolute Gasteiger partial charge is 0.314 e. The Morgan fingerprint density at radius 1 is 1.53 bits per heavy atom. The molecule has 0 radical (unpaired) electrons. The molecular formula is C10H15BrN2O2S2. The Balaban J connectivity index is 1.85. The fourth-order valence-corrected chi connectivity index (χ4v) is 4.99. The second kappa shape index (κ2) is 5.79. The van der Waals surface area contributed by atoms with Crippen molar-refractivity contribution in [1.29, 1.82) is 0 Å². The summed E-state index contributed by atoms with van der Waals surface area (Å²) in [7, 11) is -3.32. The van der Waals surface area contributed by atoms with Crippen molar-refractivity contribution >= 4 is 37.3 Å². The van der Waals surface area contributed by atoms with E-state index in [-0.39, 0.29) is 0 Å². The number of hydrogen-bond acceptors (Lipinski definition) is 4. The van der Waals surface area contributed by atoms with Crippen molar-refractivity contribution in [3.8, 4) is 0 Å². The predicted molar refractivity (Wildman–Crippen MR) is 72.8 cm³/mol. The summed E-state index contributed by atoms with van der Waals surface area (Å²) in [6, 6.07) is 3.83. The molecule has 2 N–H and O–H groups in total. The van der Waals surface area contributed by atoms with E-state index < -0.39 is 10.0 Å². The van der Waals surface area contributed by atoms with Gasteiger partial charge in [-0.15, -0.1) is 11.3 Å². The summed E-state index contributed by atoms with van der Waals surface area (Å²) in [6.07, 6.45) is 3.19. The zero-order valence-corrected chi connectivity index (χ0v) is 12.5. The smallest absolute Gasteiger partial charge is 0.250 e. The van der Waals surface area contributed by atoms with Gasteiger partial charge in [-0.1, -0.05) is 0 Å². The quantitative estimate of drug-likeness (QED) is 0.862. The van der Waals surface area contributed by atoms with E-state index >= 15 is 0 Å². The highest BCUT2D eigenvalue weighted by Gasteiger charge is 2.18. The average Bonchev–Trinajstić information content (AvgIpc) is 2.89. The second-order valence-electron chi connectivity index (χ2n) is 4.04. The number of thiophene rings is 1. The van der Waals surface area contributed by atoms with Gasteiger partial charge in [0.05, 0.1) is 3.79 Å². The lowest BCUT2D eigenvalue weighted by Gasteiger charge is -2.10. The number of rotatable bonds is 5. The van der Waals surface area contributed by atoms with Crippen molar-refractivity contribution in [2.24, 2.45) is 0 Å². The summed E-state index contributed by atoms with van der Waals surface area (Å²) in [5, 5.41) is 3.35. The van der Waals surface area contributed by atoms with Gasteiger partial charge in [0, 0.05) is 12.6 Å². The first-order valence-corrected chi connectivity index (χ1v) is 8.65. The first-order valence-electron chi connectivity index (χ1n) is 5.56. The fraction of sp³-hybridized carbons (Fsp3) is 0.600. The molecule has 0 aliphatic carbocycles. The van der Waals surface area contributed by atoms with Gasteiger partial charge in [0.15, 0.2) is 0 Å². The summed E-state index contributed by atoms with van der Waals surface area (Å²) in [5.74, 6) is 0. The van der Waals surface area contributed by atoms with Gasteiger partial charge < -0.3 is 5.32 Å². The van der Waals surface area contributed by atoms with E-state index in [0.717, 1.165) is 23.2 Å². The topological polar surface area (TPSA) is 58.2 Å². The number of hydrogen-bond donors (Lipinski definition) is 2. The summed E-state index contributed by atoms with van der Waals surface area (Å²) in [6.45, 7) is 1.55. The van der Waals surface area contributed by atoms with Crippen LogP contribution in [0.3, 0.4) is 0 Å². The van der Waals surface area contributed by atoms with Crippen LogP contribution in [0.4, 0.5) is 0 Å². The Morgan fingerprint density at radius 2 is 2.35 bits per heavy atom. The van der Waals surface area contributed by atoms with Crippen LogP contribution in [-0.2, 0) is 10.0 Å². The van der Waals surface area contributed by atoms with E-state index in [2.05, 4.69) is 26.0 Å². The Kier molecular flexibility index (Phi) is 4.59. The Bertz CT molecular complexity index is 466. The molecular weight excluding hydrogens is 324 g/mol. The van der Waals surface area contributed by atoms with Gasteiger partial charge >= 0.3 is 0 Å². The zero-order valence-electron chi connectivity index (χ0n) is 9.28. The standard InChI is InChI=1S/C10H15BrN2O2S2/c11-9-3-4-10(16-9)17(14,15)13-7-5-8-2-1-6-12-8/h3-4,8,12-13H,1-2,5-7H2. The van der Waals surface area contributed by atoms with Crippen LogP contribution in [0.1, 0.15) is 19.3 Å². The summed E-state index contributed by atoms with van der Waals surface area (Å²) in [5.41, 5.74) is 0. The minimum Gasteiger partial charge on any atom is -0.314 e. The lowest BCUT2D eigenvalue weighted by Crippen LogP contribution is -2.30. The van der Waals surface area contributed by atoms with E-state index in [1.807, 2.05) is 0 Å². The first kappa shape index (κ1) is 13.5. The molecule has 4 nitrogen and oxygen atoms in total. The average molecular weight is 339 g/mol. The molecule has 1 aliphatic rings. The van der Waals surface area contributed by atoms with Crippen molar-refractivity contribution in [2.75, 3.05) is 13.1 Å². The summed E-state index contributed by atoms with van der Waals surface area (Å²) >= 11 is 4.49. The van der Waals surface area contributed by atoms with Gasteiger partial charge in [-0.3, -0.25) is 0 Å². The minimum atomic E-state index is -3.32. The van der Waals surface area contributed by atoms with E-state index in [9.17, 15) is 8.42 Å². The molecule has 1 atom stereocenters. The van der Waals surface area contributed by atoms with Gasteiger partial charge in [-0.25, -0.2) is 13.1 Å². The molecule has 7 heteroatoms. The predicted octanol–water partition coefficient (Wildman–Crippen LogP) is 1.93. The maximum Gasteiger partial charge on any atom is 0.250 e. The van der Waals surface area contributed by atoms with Crippen LogP contribution in [0.15, 0.2) is 20.1 Å².